The molecule has 2 aromatic rings. The maximum absolute atomic E-state index is 6.36. The third kappa shape index (κ3) is 2.39. The fourth-order valence-corrected chi connectivity index (χ4v) is 2.26. The molecule has 0 bridgehead atoms. The molecule has 0 spiro atoms. The molecule has 3 nitrogen and oxygen atoms in total. The van der Waals surface area contributed by atoms with Gasteiger partial charge in [-0.3, -0.25) is 0 Å². The van der Waals surface area contributed by atoms with Crippen molar-refractivity contribution in [3.05, 3.63) is 54.1 Å². The fourth-order valence-electron chi connectivity index (χ4n) is 2.26. The summed E-state index contributed by atoms with van der Waals surface area (Å²) in [5.74, 6) is 1.02. The van der Waals surface area contributed by atoms with Crippen LogP contribution in [-0.2, 0) is 0 Å². The van der Waals surface area contributed by atoms with Crippen LogP contribution in [-0.4, -0.2) is 9.55 Å². The molecule has 90 valence electrons. The smallest absolute Gasteiger partial charge is 0.105 e. The van der Waals surface area contributed by atoms with Gasteiger partial charge in [0.25, 0.3) is 0 Å². The van der Waals surface area contributed by atoms with E-state index in [9.17, 15) is 0 Å². The molecule has 0 amide bonds. The summed E-state index contributed by atoms with van der Waals surface area (Å²) in [6.45, 7) is 4.17. The standard InChI is InChI=1S/C14H19N3/c1-3-13(17-10-9-16-11(17)2)14(15)12-7-5-4-6-8-12/h4-10,13-14H,3,15H2,1-2H3. The average molecular weight is 229 g/mol. The van der Waals surface area contributed by atoms with Crippen LogP contribution in [0.1, 0.15) is 36.8 Å². The lowest BCUT2D eigenvalue weighted by atomic mass is 9.98. The van der Waals surface area contributed by atoms with Gasteiger partial charge < -0.3 is 10.3 Å². The van der Waals surface area contributed by atoms with Gasteiger partial charge in [-0.05, 0) is 18.9 Å². The molecule has 2 N–H and O–H groups in total. The molecule has 0 aliphatic rings. The second-order valence-electron chi connectivity index (χ2n) is 4.29. The molecule has 0 radical (unpaired) electrons. The molecule has 1 heterocycles. The highest BCUT2D eigenvalue weighted by Gasteiger charge is 2.20. The first-order chi connectivity index (χ1) is 8.24. The van der Waals surface area contributed by atoms with Crippen LogP contribution < -0.4 is 5.73 Å². The van der Waals surface area contributed by atoms with E-state index in [0.29, 0.717) is 0 Å². The Balaban J connectivity index is 2.28. The molecular formula is C14H19N3. The largest absolute Gasteiger partial charge is 0.330 e. The normalized spacial score (nSPS) is 14.5. The van der Waals surface area contributed by atoms with Crippen molar-refractivity contribution in [1.82, 2.24) is 9.55 Å². The lowest BCUT2D eigenvalue weighted by Crippen LogP contribution is -2.24. The molecule has 0 fully saturated rings. The first-order valence-electron chi connectivity index (χ1n) is 6.04. The number of nitrogens with zero attached hydrogens (tertiary/aromatic N) is 2. The molecule has 2 rings (SSSR count). The number of hydrogen-bond acceptors (Lipinski definition) is 2. The van der Waals surface area contributed by atoms with Crippen LogP contribution in [0.5, 0.6) is 0 Å². The quantitative estimate of drug-likeness (QED) is 0.876. The predicted octanol–water partition coefficient (Wildman–Crippen LogP) is 2.84. The van der Waals surface area contributed by atoms with E-state index in [-0.39, 0.29) is 12.1 Å². The van der Waals surface area contributed by atoms with Gasteiger partial charge in [-0.2, -0.15) is 0 Å². The molecule has 0 saturated carbocycles. The molecule has 2 unspecified atom stereocenters. The van der Waals surface area contributed by atoms with E-state index < -0.39 is 0 Å². The van der Waals surface area contributed by atoms with E-state index >= 15 is 0 Å². The number of rotatable bonds is 4. The van der Waals surface area contributed by atoms with Crippen LogP contribution in [0.4, 0.5) is 0 Å². The molecule has 0 aliphatic carbocycles. The van der Waals surface area contributed by atoms with Crippen molar-refractivity contribution < 1.29 is 0 Å². The van der Waals surface area contributed by atoms with Gasteiger partial charge in [-0.25, -0.2) is 4.98 Å². The maximum Gasteiger partial charge on any atom is 0.105 e. The maximum atomic E-state index is 6.36. The van der Waals surface area contributed by atoms with Gasteiger partial charge in [-0.1, -0.05) is 37.3 Å². The van der Waals surface area contributed by atoms with E-state index in [1.54, 1.807) is 0 Å². The number of aromatic nitrogens is 2. The van der Waals surface area contributed by atoms with E-state index in [0.717, 1.165) is 12.2 Å². The summed E-state index contributed by atoms with van der Waals surface area (Å²) in [6, 6.07) is 10.5. The third-order valence-electron chi connectivity index (χ3n) is 3.24. The van der Waals surface area contributed by atoms with Crippen molar-refractivity contribution in [2.45, 2.75) is 32.4 Å². The summed E-state index contributed by atoms with van der Waals surface area (Å²) in [7, 11) is 0. The molecule has 1 aromatic carbocycles. The van der Waals surface area contributed by atoms with E-state index in [4.69, 9.17) is 5.73 Å². The highest BCUT2D eigenvalue weighted by Crippen LogP contribution is 2.27. The monoisotopic (exact) mass is 229 g/mol. The van der Waals surface area contributed by atoms with Gasteiger partial charge in [0.2, 0.25) is 0 Å². The minimum atomic E-state index is 0.00843. The minimum absolute atomic E-state index is 0.00843. The van der Waals surface area contributed by atoms with Gasteiger partial charge in [0.15, 0.2) is 0 Å². The van der Waals surface area contributed by atoms with Gasteiger partial charge >= 0.3 is 0 Å². The topological polar surface area (TPSA) is 43.8 Å². The van der Waals surface area contributed by atoms with Crippen molar-refractivity contribution in [1.29, 1.82) is 0 Å². The Morgan fingerprint density at radius 3 is 2.53 bits per heavy atom. The first-order valence-corrected chi connectivity index (χ1v) is 6.04. The second kappa shape index (κ2) is 5.15. The molecular weight excluding hydrogens is 210 g/mol. The van der Waals surface area contributed by atoms with Crippen molar-refractivity contribution in [2.24, 2.45) is 5.73 Å². The Kier molecular flexibility index (Phi) is 3.59. The van der Waals surface area contributed by atoms with Gasteiger partial charge in [0, 0.05) is 12.4 Å². The van der Waals surface area contributed by atoms with Crippen molar-refractivity contribution in [3.8, 4) is 0 Å². The van der Waals surface area contributed by atoms with Gasteiger partial charge in [0.1, 0.15) is 5.82 Å². The molecule has 2 atom stereocenters. The summed E-state index contributed by atoms with van der Waals surface area (Å²) in [5, 5.41) is 0. The fraction of sp³-hybridized carbons (Fsp3) is 0.357. The number of nitrogens with two attached hydrogens (primary N) is 1. The van der Waals surface area contributed by atoms with E-state index in [2.05, 4.69) is 28.6 Å². The van der Waals surface area contributed by atoms with E-state index in [1.165, 1.54) is 5.56 Å². The van der Waals surface area contributed by atoms with Crippen LogP contribution in [0.3, 0.4) is 0 Å². The number of hydrogen-bond donors (Lipinski definition) is 1. The zero-order valence-corrected chi connectivity index (χ0v) is 10.4. The number of benzene rings is 1. The predicted molar refractivity (Wildman–Crippen MR) is 69.7 cm³/mol. The van der Waals surface area contributed by atoms with Crippen LogP contribution in [0.2, 0.25) is 0 Å². The Labute approximate surface area is 102 Å². The minimum Gasteiger partial charge on any atom is -0.330 e. The third-order valence-corrected chi connectivity index (χ3v) is 3.24. The Morgan fingerprint density at radius 2 is 2.00 bits per heavy atom. The summed E-state index contributed by atoms with van der Waals surface area (Å²) >= 11 is 0. The summed E-state index contributed by atoms with van der Waals surface area (Å²) in [4.78, 5) is 4.27. The summed E-state index contributed by atoms with van der Waals surface area (Å²) < 4.78 is 2.16. The van der Waals surface area contributed by atoms with Crippen LogP contribution in [0.25, 0.3) is 0 Å². The second-order valence-corrected chi connectivity index (χ2v) is 4.29. The Morgan fingerprint density at radius 1 is 1.29 bits per heavy atom. The van der Waals surface area contributed by atoms with E-state index in [1.807, 2.05) is 37.5 Å². The highest BCUT2D eigenvalue weighted by atomic mass is 15.1. The van der Waals surface area contributed by atoms with Crippen LogP contribution in [0.15, 0.2) is 42.7 Å². The SMILES string of the molecule is CCC(C(N)c1ccccc1)n1ccnc1C. The molecule has 0 saturated heterocycles. The lowest BCUT2D eigenvalue weighted by molar-refractivity contribution is 0.399. The zero-order chi connectivity index (χ0) is 12.3. The van der Waals surface area contributed by atoms with Crippen molar-refractivity contribution in [3.63, 3.8) is 0 Å². The van der Waals surface area contributed by atoms with Gasteiger partial charge in [-0.15, -0.1) is 0 Å². The van der Waals surface area contributed by atoms with Gasteiger partial charge in [0.05, 0.1) is 12.1 Å². The highest BCUT2D eigenvalue weighted by molar-refractivity contribution is 5.20. The van der Waals surface area contributed by atoms with Crippen molar-refractivity contribution in [2.75, 3.05) is 0 Å². The number of imidazole rings is 1. The number of aryl methyl sites for hydroxylation is 1. The van der Waals surface area contributed by atoms with Crippen LogP contribution >= 0.6 is 0 Å². The summed E-state index contributed by atoms with van der Waals surface area (Å²) in [6.07, 6.45) is 4.83. The first kappa shape index (κ1) is 11.9. The Bertz CT molecular complexity index is 461. The molecule has 3 heteroatoms. The van der Waals surface area contributed by atoms with Crippen LogP contribution in [0, 0.1) is 6.92 Å². The zero-order valence-electron chi connectivity index (χ0n) is 10.4. The molecule has 1 aromatic heterocycles. The molecule has 0 aliphatic heterocycles. The van der Waals surface area contributed by atoms with Crippen molar-refractivity contribution >= 4 is 0 Å². The lowest BCUT2D eigenvalue weighted by Gasteiger charge is -2.25. The average Bonchev–Trinajstić information content (AvgIpc) is 2.78. The Hall–Kier alpha value is -1.61. The molecule has 17 heavy (non-hydrogen) atoms. The summed E-state index contributed by atoms with van der Waals surface area (Å²) in [5.41, 5.74) is 7.53.